The molecule has 3 N–H and O–H groups in total. The van der Waals surface area contributed by atoms with Gasteiger partial charge in [-0.05, 0) is 48.9 Å². The summed E-state index contributed by atoms with van der Waals surface area (Å²) in [6.07, 6.45) is 0. The largest absolute Gasteiger partial charge is 0.341 e. The van der Waals surface area contributed by atoms with Gasteiger partial charge < -0.3 is 16.0 Å². The maximum absolute atomic E-state index is 12.9. The lowest BCUT2D eigenvalue weighted by molar-refractivity contribution is 0.102. The molecule has 0 aliphatic rings. The average Bonchev–Trinajstić information content (AvgIpc) is 2.70. The van der Waals surface area contributed by atoms with E-state index < -0.39 is 15.9 Å². The second kappa shape index (κ2) is 9.53. The fourth-order valence-electron chi connectivity index (χ4n) is 2.76. The fraction of sp³-hybridized carbons (Fsp3) is 0.300. The first kappa shape index (κ1) is 22.4. The van der Waals surface area contributed by atoms with Gasteiger partial charge in [0.1, 0.15) is 0 Å². The van der Waals surface area contributed by atoms with Crippen LogP contribution in [0, 0.1) is 6.92 Å². The highest BCUT2D eigenvalue weighted by Crippen LogP contribution is 2.22. The molecule has 0 saturated carbocycles. The van der Waals surface area contributed by atoms with Gasteiger partial charge in [-0.15, -0.1) is 0 Å². The SMILES string of the molecule is CCN(CC)S(=O)(=O)c1cc(C(=O)Nc2ccc(NC(=O)NC)cc2)ccc1C. The minimum atomic E-state index is -3.67. The highest BCUT2D eigenvalue weighted by atomic mass is 32.2. The summed E-state index contributed by atoms with van der Waals surface area (Å²) in [5.74, 6) is -0.423. The summed E-state index contributed by atoms with van der Waals surface area (Å²) >= 11 is 0. The maximum atomic E-state index is 12.9. The van der Waals surface area contributed by atoms with Crippen LogP contribution >= 0.6 is 0 Å². The van der Waals surface area contributed by atoms with Gasteiger partial charge in [-0.2, -0.15) is 4.31 Å². The second-order valence-electron chi connectivity index (χ2n) is 6.31. The molecule has 3 amide bonds. The van der Waals surface area contributed by atoms with Gasteiger partial charge in [0.05, 0.1) is 4.90 Å². The third-order valence-electron chi connectivity index (χ3n) is 4.40. The minimum absolute atomic E-state index is 0.124. The average molecular weight is 419 g/mol. The highest BCUT2D eigenvalue weighted by molar-refractivity contribution is 7.89. The molecule has 0 heterocycles. The van der Waals surface area contributed by atoms with Crippen molar-refractivity contribution in [3.8, 4) is 0 Å². The maximum Gasteiger partial charge on any atom is 0.318 e. The Labute approximate surface area is 171 Å². The topological polar surface area (TPSA) is 108 Å². The van der Waals surface area contributed by atoms with Crippen molar-refractivity contribution in [1.82, 2.24) is 9.62 Å². The standard InChI is InChI=1S/C20H26N4O4S/c1-5-24(6-2)29(27,28)18-13-15(8-7-14(18)3)19(25)22-16-9-11-17(12-10-16)23-20(26)21-4/h7-13H,5-6H2,1-4H3,(H,22,25)(H2,21,23,26). The van der Waals surface area contributed by atoms with E-state index in [9.17, 15) is 18.0 Å². The Balaban J connectivity index is 2.23. The number of hydrogen-bond acceptors (Lipinski definition) is 4. The smallest absolute Gasteiger partial charge is 0.318 e. The van der Waals surface area contributed by atoms with Gasteiger partial charge in [-0.25, -0.2) is 13.2 Å². The quantitative estimate of drug-likeness (QED) is 0.642. The number of aryl methyl sites for hydroxylation is 1. The van der Waals surface area contributed by atoms with Crippen molar-refractivity contribution in [2.45, 2.75) is 25.7 Å². The van der Waals surface area contributed by atoms with Crippen LogP contribution in [-0.4, -0.2) is 44.8 Å². The summed E-state index contributed by atoms with van der Waals surface area (Å²) in [5, 5.41) is 7.80. The third-order valence-corrected chi connectivity index (χ3v) is 6.59. The number of sulfonamides is 1. The molecule has 0 atom stereocenters. The molecule has 156 valence electrons. The van der Waals surface area contributed by atoms with Crippen molar-refractivity contribution in [2.75, 3.05) is 30.8 Å². The highest BCUT2D eigenvalue weighted by Gasteiger charge is 2.24. The summed E-state index contributed by atoms with van der Waals surface area (Å²) in [6, 6.07) is 10.9. The lowest BCUT2D eigenvalue weighted by Gasteiger charge is -2.20. The number of rotatable bonds is 7. The summed E-state index contributed by atoms with van der Waals surface area (Å²) in [7, 11) is -2.16. The van der Waals surface area contributed by atoms with E-state index in [1.807, 2.05) is 0 Å². The van der Waals surface area contributed by atoms with Gasteiger partial charge in [0.25, 0.3) is 5.91 Å². The molecule has 9 heteroatoms. The molecule has 0 aromatic heterocycles. The number of carbonyl (C=O) groups is 2. The number of nitrogens with one attached hydrogen (secondary N) is 3. The third kappa shape index (κ3) is 5.33. The Kier molecular flexibility index (Phi) is 7.35. The number of nitrogens with zero attached hydrogens (tertiary/aromatic N) is 1. The van der Waals surface area contributed by atoms with Crippen LogP contribution in [0.25, 0.3) is 0 Å². The molecule has 0 aliphatic carbocycles. The van der Waals surface area contributed by atoms with E-state index in [1.54, 1.807) is 57.2 Å². The van der Waals surface area contributed by atoms with E-state index in [0.717, 1.165) is 0 Å². The van der Waals surface area contributed by atoms with Crippen LogP contribution in [-0.2, 0) is 10.0 Å². The van der Waals surface area contributed by atoms with Crippen LogP contribution in [0.4, 0.5) is 16.2 Å². The Hall–Kier alpha value is -2.91. The molecule has 0 aliphatic heterocycles. The Morgan fingerprint density at radius 3 is 2.00 bits per heavy atom. The molecule has 2 aromatic carbocycles. The van der Waals surface area contributed by atoms with E-state index >= 15 is 0 Å². The zero-order chi connectivity index (χ0) is 21.6. The van der Waals surface area contributed by atoms with Gasteiger partial charge in [-0.3, -0.25) is 4.79 Å². The van der Waals surface area contributed by atoms with Crippen molar-refractivity contribution in [3.05, 3.63) is 53.6 Å². The fourth-order valence-corrected chi connectivity index (χ4v) is 4.46. The molecule has 0 fully saturated rings. The minimum Gasteiger partial charge on any atom is -0.341 e. The Morgan fingerprint density at radius 2 is 1.48 bits per heavy atom. The lowest BCUT2D eigenvalue weighted by atomic mass is 10.1. The lowest BCUT2D eigenvalue weighted by Crippen LogP contribution is -2.31. The van der Waals surface area contributed by atoms with Crippen molar-refractivity contribution in [1.29, 1.82) is 0 Å². The van der Waals surface area contributed by atoms with E-state index in [4.69, 9.17) is 0 Å². The summed E-state index contributed by atoms with van der Waals surface area (Å²) in [6.45, 7) is 5.96. The number of carbonyl (C=O) groups excluding carboxylic acids is 2. The number of amides is 3. The van der Waals surface area contributed by atoms with Crippen LogP contribution in [0.3, 0.4) is 0 Å². The first-order valence-electron chi connectivity index (χ1n) is 9.23. The van der Waals surface area contributed by atoms with Gasteiger partial charge >= 0.3 is 6.03 Å². The first-order chi connectivity index (χ1) is 13.7. The monoisotopic (exact) mass is 418 g/mol. The zero-order valence-electron chi connectivity index (χ0n) is 16.9. The normalized spacial score (nSPS) is 11.2. The zero-order valence-corrected chi connectivity index (χ0v) is 17.8. The molecule has 8 nitrogen and oxygen atoms in total. The summed E-state index contributed by atoms with van der Waals surface area (Å²) in [5.41, 5.74) is 1.92. The number of anilines is 2. The molecule has 2 aromatic rings. The van der Waals surface area contributed by atoms with Crippen LogP contribution in [0.5, 0.6) is 0 Å². The van der Waals surface area contributed by atoms with Crippen molar-refractivity contribution in [2.24, 2.45) is 0 Å². The van der Waals surface area contributed by atoms with E-state index in [1.165, 1.54) is 17.4 Å². The predicted octanol–water partition coefficient (Wildman–Crippen LogP) is 3.03. The molecule has 2 rings (SSSR count). The predicted molar refractivity (Wildman–Crippen MR) is 114 cm³/mol. The van der Waals surface area contributed by atoms with E-state index in [0.29, 0.717) is 30.0 Å². The molecule has 29 heavy (non-hydrogen) atoms. The molecular formula is C20H26N4O4S. The molecule has 0 radical (unpaired) electrons. The van der Waals surface area contributed by atoms with E-state index in [-0.39, 0.29) is 16.5 Å². The van der Waals surface area contributed by atoms with Crippen LogP contribution in [0.2, 0.25) is 0 Å². The first-order valence-corrected chi connectivity index (χ1v) is 10.7. The molecule has 0 unspecified atom stereocenters. The van der Waals surface area contributed by atoms with Crippen molar-refractivity contribution >= 4 is 33.3 Å². The molecule has 0 spiro atoms. The molecular weight excluding hydrogens is 392 g/mol. The van der Waals surface area contributed by atoms with E-state index in [2.05, 4.69) is 16.0 Å². The Morgan fingerprint density at radius 1 is 0.931 bits per heavy atom. The van der Waals surface area contributed by atoms with Crippen LogP contribution in [0.1, 0.15) is 29.8 Å². The van der Waals surface area contributed by atoms with Gasteiger partial charge in [0.2, 0.25) is 10.0 Å². The van der Waals surface area contributed by atoms with Crippen molar-refractivity contribution in [3.63, 3.8) is 0 Å². The second-order valence-corrected chi connectivity index (χ2v) is 8.21. The van der Waals surface area contributed by atoms with Crippen LogP contribution < -0.4 is 16.0 Å². The number of urea groups is 1. The van der Waals surface area contributed by atoms with Crippen LogP contribution in [0.15, 0.2) is 47.4 Å². The summed E-state index contributed by atoms with van der Waals surface area (Å²) in [4.78, 5) is 24.1. The molecule has 0 bridgehead atoms. The Bertz CT molecular complexity index is 984. The number of benzene rings is 2. The molecule has 0 saturated heterocycles. The van der Waals surface area contributed by atoms with Crippen molar-refractivity contribution < 1.29 is 18.0 Å². The summed E-state index contributed by atoms with van der Waals surface area (Å²) < 4.78 is 27.1. The van der Waals surface area contributed by atoms with Gasteiger partial charge in [0, 0.05) is 37.1 Å². The van der Waals surface area contributed by atoms with Gasteiger partial charge in [0.15, 0.2) is 0 Å². The number of hydrogen-bond donors (Lipinski definition) is 3. The van der Waals surface area contributed by atoms with Gasteiger partial charge in [-0.1, -0.05) is 19.9 Å².